The summed E-state index contributed by atoms with van der Waals surface area (Å²) in [6.07, 6.45) is 1.10. The Morgan fingerprint density at radius 2 is 2.12 bits per heavy atom. The predicted octanol–water partition coefficient (Wildman–Crippen LogP) is 3.21. The van der Waals surface area contributed by atoms with Gasteiger partial charge in [0.15, 0.2) is 0 Å². The Morgan fingerprint density at radius 3 is 2.69 bits per heavy atom. The minimum atomic E-state index is 0.308. The van der Waals surface area contributed by atoms with Crippen molar-refractivity contribution in [1.82, 2.24) is 5.32 Å². The van der Waals surface area contributed by atoms with Crippen LogP contribution in [0.15, 0.2) is 12.1 Å². The first-order valence-electron chi connectivity index (χ1n) is 5.78. The molecule has 0 amide bonds. The van der Waals surface area contributed by atoms with Gasteiger partial charge in [-0.05, 0) is 30.9 Å². The van der Waals surface area contributed by atoms with Crippen LogP contribution >= 0.6 is 11.3 Å². The molecule has 0 spiro atoms. The maximum Gasteiger partial charge on any atom is 0.0467 e. The smallest absolute Gasteiger partial charge is 0.0467 e. The molecule has 0 atom stereocenters. The minimum Gasteiger partial charge on any atom is -0.385 e. The lowest BCUT2D eigenvalue weighted by molar-refractivity contribution is 0.150. The van der Waals surface area contributed by atoms with Crippen molar-refractivity contribution in [3.63, 3.8) is 0 Å². The van der Waals surface area contributed by atoms with Crippen molar-refractivity contribution in [1.29, 1.82) is 0 Å². The highest BCUT2D eigenvalue weighted by Crippen LogP contribution is 2.20. The van der Waals surface area contributed by atoms with Crippen LogP contribution in [0.3, 0.4) is 0 Å². The fourth-order valence-corrected chi connectivity index (χ4v) is 2.43. The minimum absolute atomic E-state index is 0.308. The highest BCUT2D eigenvalue weighted by Gasteiger charge is 2.16. The van der Waals surface area contributed by atoms with Gasteiger partial charge in [-0.15, -0.1) is 11.3 Å². The van der Waals surface area contributed by atoms with Crippen LogP contribution in [0.1, 0.15) is 30.0 Å². The summed E-state index contributed by atoms with van der Waals surface area (Å²) in [6.45, 7) is 9.56. The van der Waals surface area contributed by atoms with Crippen molar-refractivity contribution in [3.8, 4) is 0 Å². The van der Waals surface area contributed by atoms with Gasteiger partial charge < -0.3 is 10.1 Å². The van der Waals surface area contributed by atoms with Crippen LogP contribution in [0.5, 0.6) is 0 Å². The Hall–Kier alpha value is -0.380. The molecular formula is C13H23NOS. The lowest BCUT2D eigenvalue weighted by Gasteiger charge is -2.24. The van der Waals surface area contributed by atoms with Crippen LogP contribution < -0.4 is 5.32 Å². The molecule has 2 nitrogen and oxygen atoms in total. The normalized spacial score (nSPS) is 12.0. The number of nitrogens with one attached hydrogen (secondary N) is 1. The summed E-state index contributed by atoms with van der Waals surface area (Å²) in [6, 6.07) is 4.38. The Bertz CT molecular complexity index is 307. The lowest BCUT2D eigenvalue weighted by atomic mass is 9.90. The molecule has 0 aliphatic carbocycles. The van der Waals surface area contributed by atoms with E-state index in [4.69, 9.17) is 4.74 Å². The van der Waals surface area contributed by atoms with Gasteiger partial charge in [-0.25, -0.2) is 0 Å². The van der Waals surface area contributed by atoms with Crippen LogP contribution in [-0.4, -0.2) is 20.3 Å². The number of thiophene rings is 1. The summed E-state index contributed by atoms with van der Waals surface area (Å²) in [5, 5.41) is 3.52. The van der Waals surface area contributed by atoms with Crippen LogP contribution in [0.25, 0.3) is 0 Å². The van der Waals surface area contributed by atoms with Crippen LogP contribution in [-0.2, 0) is 11.3 Å². The lowest BCUT2D eigenvalue weighted by Crippen LogP contribution is -2.29. The summed E-state index contributed by atoms with van der Waals surface area (Å²) < 4.78 is 5.12. The Balaban J connectivity index is 2.24. The molecule has 0 unspecified atom stereocenters. The average Bonchev–Trinajstić information content (AvgIpc) is 2.61. The summed E-state index contributed by atoms with van der Waals surface area (Å²) in [4.78, 5) is 2.80. The SMILES string of the molecule is COCCC(C)(C)CNCc1ccc(C)s1. The summed E-state index contributed by atoms with van der Waals surface area (Å²) in [5.41, 5.74) is 0.308. The van der Waals surface area contributed by atoms with Crippen LogP contribution in [0, 0.1) is 12.3 Å². The predicted molar refractivity (Wildman–Crippen MR) is 71.0 cm³/mol. The molecule has 1 N–H and O–H groups in total. The first-order valence-corrected chi connectivity index (χ1v) is 6.60. The molecule has 3 heteroatoms. The van der Waals surface area contributed by atoms with Crippen molar-refractivity contribution >= 4 is 11.3 Å². The zero-order valence-electron chi connectivity index (χ0n) is 10.8. The van der Waals surface area contributed by atoms with E-state index in [1.807, 2.05) is 11.3 Å². The van der Waals surface area contributed by atoms with Crippen molar-refractivity contribution in [3.05, 3.63) is 21.9 Å². The van der Waals surface area contributed by atoms with E-state index in [1.165, 1.54) is 9.75 Å². The second kappa shape index (κ2) is 6.38. The monoisotopic (exact) mass is 241 g/mol. The number of methoxy groups -OCH3 is 1. The molecule has 16 heavy (non-hydrogen) atoms. The van der Waals surface area contributed by atoms with E-state index in [9.17, 15) is 0 Å². The third-order valence-electron chi connectivity index (χ3n) is 2.68. The van der Waals surface area contributed by atoms with E-state index in [-0.39, 0.29) is 0 Å². The Labute approximate surface area is 103 Å². The van der Waals surface area contributed by atoms with Gasteiger partial charge in [-0.2, -0.15) is 0 Å². The molecule has 0 aromatic carbocycles. The standard InChI is InChI=1S/C13H23NOS/c1-11-5-6-12(16-11)9-14-10-13(2,3)7-8-15-4/h5-6,14H,7-10H2,1-4H3. The number of hydrogen-bond acceptors (Lipinski definition) is 3. The van der Waals surface area contributed by atoms with Crippen LogP contribution in [0.4, 0.5) is 0 Å². The summed E-state index contributed by atoms with van der Waals surface area (Å²) >= 11 is 1.87. The maximum absolute atomic E-state index is 5.12. The maximum atomic E-state index is 5.12. The van der Waals surface area contributed by atoms with Gasteiger partial charge >= 0.3 is 0 Å². The Morgan fingerprint density at radius 1 is 1.38 bits per heavy atom. The van der Waals surface area contributed by atoms with Gasteiger partial charge in [0.05, 0.1) is 0 Å². The van der Waals surface area contributed by atoms with Crippen molar-refractivity contribution in [2.45, 2.75) is 33.7 Å². The number of hydrogen-bond donors (Lipinski definition) is 1. The van der Waals surface area contributed by atoms with Gasteiger partial charge in [0.1, 0.15) is 0 Å². The first kappa shape index (κ1) is 13.7. The van der Waals surface area contributed by atoms with Crippen LogP contribution in [0.2, 0.25) is 0 Å². The van der Waals surface area contributed by atoms with E-state index >= 15 is 0 Å². The van der Waals surface area contributed by atoms with Gasteiger partial charge in [-0.1, -0.05) is 13.8 Å². The largest absolute Gasteiger partial charge is 0.385 e. The highest BCUT2D eigenvalue weighted by atomic mass is 32.1. The fourth-order valence-electron chi connectivity index (χ4n) is 1.57. The topological polar surface area (TPSA) is 21.3 Å². The quantitative estimate of drug-likeness (QED) is 0.791. The summed E-state index contributed by atoms with van der Waals surface area (Å²) in [5.74, 6) is 0. The molecule has 0 saturated heterocycles. The molecule has 1 rings (SSSR count). The van der Waals surface area contributed by atoms with E-state index in [2.05, 4.69) is 38.2 Å². The van der Waals surface area contributed by atoms with E-state index in [0.29, 0.717) is 5.41 Å². The second-order valence-corrected chi connectivity index (χ2v) is 6.40. The molecule has 0 fully saturated rings. The molecule has 0 saturated carbocycles. The molecule has 1 aromatic heterocycles. The molecular weight excluding hydrogens is 218 g/mol. The molecule has 92 valence electrons. The van der Waals surface area contributed by atoms with Gasteiger partial charge in [-0.3, -0.25) is 0 Å². The number of ether oxygens (including phenoxy) is 1. The third kappa shape index (κ3) is 5.10. The first-order chi connectivity index (χ1) is 7.53. The molecule has 1 heterocycles. The molecule has 0 bridgehead atoms. The molecule has 0 radical (unpaired) electrons. The fraction of sp³-hybridized carbons (Fsp3) is 0.692. The average molecular weight is 241 g/mol. The molecule has 1 aromatic rings. The van der Waals surface area contributed by atoms with Gasteiger partial charge in [0.2, 0.25) is 0 Å². The van der Waals surface area contributed by atoms with E-state index in [0.717, 1.165) is 26.1 Å². The summed E-state index contributed by atoms with van der Waals surface area (Å²) in [7, 11) is 1.76. The third-order valence-corrected chi connectivity index (χ3v) is 3.68. The van der Waals surface area contributed by atoms with Crippen molar-refractivity contribution < 1.29 is 4.74 Å². The van der Waals surface area contributed by atoms with Crippen molar-refractivity contribution in [2.24, 2.45) is 5.41 Å². The van der Waals surface area contributed by atoms with E-state index in [1.54, 1.807) is 7.11 Å². The second-order valence-electron chi connectivity index (χ2n) is 5.02. The van der Waals surface area contributed by atoms with Crippen molar-refractivity contribution in [2.75, 3.05) is 20.3 Å². The number of aryl methyl sites for hydroxylation is 1. The zero-order chi connectivity index (χ0) is 12.0. The van der Waals surface area contributed by atoms with E-state index < -0.39 is 0 Å². The van der Waals surface area contributed by atoms with Gasteiger partial charge in [0, 0.05) is 36.6 Å². The highest BCUT2D eigenvalue weighted by molar-refractivity contribution is 7.11. The molecule has 0 aliphatic heterocycles. The van der Waals surface area contributed by atoms with Gasteiger partial charge in [0.25, 0.3) is 0 Å². The Kier molecular flexibility index (Phi) is 5.46. The number of rotatable bonds is 7. The zero-order valence-corrected chi connectivity index (χ0v) is 11.6. The molecule has 0 aliphatic rings.